The van der Waals surface area contributed by atoms with Crippen LogP contribution in [0.15, 0.2) is 34.7 Å². The van der Waals surface area contributed by atoms with Crippen LogP contribution < -0.4 is 0 Å². The third-order valence-corrected chi connectivity index (χ3v) is 3.72. The molecule has 3 rings (SSSR count). The minimum absolute atomic E-state index is 0.0582. The maximum Gasteiger partial charge on any atom is 0.232 e. The fourth-order valence-electron chi connectivity index (χ4n) is 2.56. The van der Waals surface area contributed by atoms with E-state index in [-0.39, 0.29) is 28.1 Å². The lowest BCUT2D eigenvalue weighted by Gasteiger charge is -2.09. The van der Waals surface area contributed by atoms with E-state index in [0.29, 0.717) is 11.1 Å². The highest BCUT2D eigenvalue weighted by molar-refractivity contribution is 5.89. The Morgan fingerprint density at radius 2 is 1.87 bits per heavy atom. The lowest BCUT2D eigenvalue weighted by molar-refractivity contribution is 0.173. The summed E-state index contributed by atoms with van der Waals surface area (Å²) >= 11 is 0. The fraction of sp³-hybridized carbons (Fsp3) is 0.222. The van der Waals surface area contributed by atoms with Crippen LogP contribution in [0.2, 0.25) is 0 Å². The molecule has 0 aliphatic carbocycles. The average Bonchev–Trinajstić information content (AvgIpc) is 2.94. The standard InChI is InChI=1S/C18H14F2N2O/c1-10-12(9-21)15-16(23-17(22-15)18(2,3)20)14(19)13(10)11-7-5-4-6-8-11/h4-8H,1-3H3. The van der Waals surface area contributed by atoms with Crippen molar-refractivity contribution in [2.45, 2.75) is 26.4 Å². The van der Waals surface area contributed by atoms with E-state index in [4.69, 9.17) is 4.42 Å². The van der Waals surface area contributed by atoms with E-state index in [9.17, 15) is 14.0 Å². The molecule has 2 aromatic carbocycles. The van der Waals surface area contributed by atoms with Gasteiger partial charge in [0.2, 0.25) is 5.89 Å². The van der Waals surface area contributed by atoms with Crippen molar-refractivity contribution >= 4 is 11.1 Å². The molecule has 0 amide bonds. The van der Waals surface area contributed by atoms with Crippen molar-refractivity contribution in [3.63, 3.8) is 0 Å². The Labute approximate surface area is 132 Å². The summed E-state index contributed by atoms with van der Waals surface area (Å²) in [5.74, 6) is -0.877. The molecular weight excluding hydrogens is 298 g/mol. The Morgan fingerprint density at radius 3 is 2.43 bits per heavy atom. The first-order valence-corrected chi connectivity index (χ1v) is 7.12. The van der Waals surface area contributed by atoms with Gasteiger partial charge in [-0.3, -0.25) is 0 Å². The molecule has 3 nitrogen and oxygen atoms in total. The van der Waals surface area contributed by atoms with Crippen LogP contribution in [0.5, 0.6) is 0 Å². The minimum atomic E-state index is -1.86. The number of aromatic nitrogens is 1. The van der Waals surface area contributed by atoms with Crippen LogP contribution in [-0.4, -0.2) is 4.98 Å². The van der Waals surface area contributed by atoms with Gasteiger partial charge in [-0.15, -0.1) is 0 Å². The fourth-order valence-corrected chi connectivity index (χ4v) is 2.56. The second-order valence-corrected chi connectivity index (χ2v) is 5.84. The maximum absolute atomic E-state index is 15.0. The largest absolute Gasteiger partial charge is 0.434 e. The molecule has 1 heterocycles. The van der Waals surface area contributed by atoms with Crippen molar-refractivity contribution in [1.29, 1.82) is 5.26 Å². The summed E-state index contributed by atoms with van der Waals surface area (Å²) in [5.41, 5.74) is -0.444. The summed E-state index contributed by atoms with van der Waals surface area (Å²) < 4.78 is 34.4. The van der Waals surface area contributed by atoms with Gasteiger partial charge in [-0.1, -0.05) is 30.3 Å². The van der Waals surface area contributed by atoms with Gasteiger partial charge >= 0.3 is 0 Å². The molecule has 0 aliphatic heterocycles. The summed E-state index contributed by atoms with van der Waals surface area (Å²) in [7, 11) is 0. The summed E-state index contributed by atoms with van der Waals surface area (Å²) in [6, 6.07) is 10.9. The van der Waals surface area contributed by atoms with Crippen molar-refractivity contribution < 1.29 is 13.2 Å². The lowest BCUT2D eigenvalue weighted by Crippen LogP contribution is -2.08. The molecule has 5 heteroatoms. The molecule has 0 N–H and O–H groups in total. The Balaban J connectivity index is 2.43. The van der Waals surface area contributed by atoms with Crippen LogP contribution in [-0.2, 0) is 5.67 Å². The molecule has 0 atom stereocenters. The van der Waals surface area contributed by atoms with E-state index in [1.54, 1.807) is 31.2 Å². The maximum atomic E-state index is 15.0. The van der Waals surface area contributed by atoms with E-state index in [1.807, 2.05) is 12.1 Å². The third kappa shape index (κ3) is 2.36. The monoisotopic (exact) mass is 312 g/mol. The molecule has 0 aliphatic rings. The van der Waals surface area contributed by atoms with Crippen LogP contribution >= 0.6 is 0 Å². The van der Waals surface area contributed by atoms with Crippen LogP contribution in [0.25, 0.3) is 22.2 Å². The Bertz CT molecular complexity index is 932. The SMILES string of the molecule is Cc1c(-c2ccccc2)c(F)c2oc(C(C)(C)F)nc2c1C#N. The zero-order chi connectivity index (χ0) is 16.8. The van der Waals surface area contributed by atoms with Gasteiger partial charge in [0.25, 0.3) is 0 Å². The molecule has 1 aromatic heterocycles. The highest BCUT2D eigenvalue weighted by Crippen LogP contribution is 2.37. The minimum Gasteiger partial charge on any atom is -0.434 e. The van der Waals surface area contributed by atoms with Crippen molar-refractivity contribution in [2.75, 3.05) is 0 Å². The molecule has 3 aromatic rings. The number of benzene rings is 2. The van der Waals surface area contributed by atoms with Gasteiger partial charge in [0, 0.05) is 5.56 Å². The van der Waals surface area contributed by atoms with Gasteiger partial charge in [-0.25, -0.2) is 13.8 Å². The van der Waals surface area contributed by atoms with Crippen molar-refractivity contribution in [3.05, 3.63) is 53.2 Å². The first kappa shape index (κ1) is 15.2. The van der Waals surface area contributed by atoms with Gasteiger partial charge < -0.3 is 4.42 Å². The average molecular weight is 312 g/mol. The molecule has 0 saturated carbocycles. The summed E-state index contributed by atoms with van der Waals surface area (Å²) in [6.07, 6.45) is 0. The molecule has 0 spiro atoms. The second kappa shape index (κ2) is 5.17. The van der Waals surface area contributed by atoms with Gasteiger partial charge in [0.15, 0.2) is 17.1 Å². The topological polar surface area (TPSA) is 49.8 Å². The number of rotatable bonds is 2. The lowest BCUT2D eigenvalue weighted by atomic mass is 9.95. The van der Waals surface area contributed by atoms with Gasteiger partial charge in [-0.05, 0) is 31.9 Å². The number of fused-ring (bicyclic) bond motifs is 1. The highest BCUT2D eigenvalue weighted by Gasteiger charge is 2.30. The number of hydrogen-bond donors (Lipinski definition) is 0. The molecule has 0 saturated heterocycles. The van der Waals surface area contributed by atoms with Crippen molar-refractivity contribution in [1.82, 2.24) is 4.98 Å². The predicted molar refractivity (Wildman–Crippen MR) is 83.0 cm³/mol. The van der Waals surface area contributed by atoms with Gasteiger partial charge in [0.05, 0.1) is 5.56 Å². The first-order valence-electron chi connectivity index (χ1n) is 7.12. The molecule has 0 fully saturated rings. The predicted octanol–water partition coefficient (Wildman–Crippen LogP) is 5.02. The van der Waals surface area contributed by atoms with E-state index in [2.05, 4.69) is 4.98 Å². The van der Waals surface area contributed by atoms with Crippen LogP contribution in [0.3, 0.4) is 0 Å². The number of halogens is 2. The normalized spacial score (nSPS) is 11.7. The number of hydrogen-bond acceptors (Lipinski definition) is 3. The Kier molecular flexibility index (Phi) is 3.41. The summed E-state index contributed by atoms with van der Waals surface area (Å²) in [6.45, 7) is 4.19. The van der Waals surface area contributed by atoms with Crippen LogP contribution in [0, 0.1) is 24.1 Å². The first-order chi connectivity index (χ1) is 10.8. The number of oxazole rings is 1. The molecule has 116 valence electrons. The van der Waals surface area contributed by atoms with Crippen molar-refractivity contribution in [3.8, 4) is 17.2 Å². The Morgan fingerprint density at radius 1 is 1.22 bits per heavy atom. The van der Waals surface area contributed by atoms with Gasteiger partial charge in [0.1, 0.15) is 11.6 Å². The number of alkyl halides is 1. The quantitative estimate of drug-likeness (QED) is 0.667. The molecule has 0 radical (unpaired) electrons. The van der Waals surface area contributed by atoms with Crippen LogP contribution in [0.4, 0.5) is 8.78 Å². The molecule has 0 unspecified atom stereocenters. The zero-order valence-corrected chi connectivity index (χ0v) is 12.9. The number of nitrogens with zero attached hydrogens (tertiary/aromatic N) is 2. The smallest absolute Gasteiger partial charge is 0.232 e. The summed E-state index contributed by atoms with van der Waals surface area (Å²) in [5, 5.41) is 9.44. The molecular formula is C18H14F2N2O. The van der Waals surface area contributed by atoms with Gasteiger partial charge in [-0.2, -0.15) is 5.26 Å². The van der Waals surface area contributed by atoms with Crippen molar-refractivity contribution in [2.24, 2.45) is 0 Å². The third-order valence-electron chi connectivity index (χ3n) is 3.72. The van der Waals surface area contributed by atoms with E-state index < -0.39 is 11.5 Å². The van der Waals surface area contributed by atoms with E-state index in [1.165, 1.54) is 13.8 Å². The van der Waals surface area contributed by atoms with E-state index >= 15 is 0 Å². The number of nitriles is 1. The van der Waals surface area contributed by atoms with Crippen LogP contribution in [0.1, 0.15) is 30.9 Å². The highest BCUT2D eigenvalue weighted by atomic mass is 19.1. The zero-order valence-electron chi connectivity index (χ0n) is 12.9. The second-order valence-electron chi connectivity index (χ2n) is 5.84. The Hall–Kier alpha value is -2.74. The summed E-state index contributed by atoms with van der Waals surface area (Å²) in [4.78, 5) is 4.01. The van der Waals surface area contributed by atoms with E-state index in [0.717, 1.165) is 0 Å². The molecule has 0 bridgehead atoms. The molecule has 23 heavy (non-hydrogen) atoms.